The first-order valence-electron chi connectivity index (χ1n) is 5.61. The van der Waals surface area contributed by atoms with Gasteiger partial charge in [-0.15, -0.1) is 0 Å². The first-order chi connectivity index (χ1) is 7.47. The first kappa shape index (κ1) is 15.1. The van der Waals surface area contributed by atoms with Crippen LogP contribution in [-0.4, -0.2) is 25.2 Å². The van der Waals surface area contributed by atoms with Crippen molar-refractivity contribution in [2.45, 2.75) is 53.1 Å². The minimum Gasteiger partial charge on any atom is -0.433 e. The van der Waals surface area contributed by atoms with E-state index in [9.17, 15) is 4.79 Å². The molecule has 0 radical (unpaired) electrons. The molecule has 0 bridgehead atoms. The summed E-state index contributed by atoms with van der Waals surface area (Å²) >= 11 is 0. The van der Waals surface area contributed by atoms with E-state index in [4.69, 9.17) is 14.2 Å². The standard InChI is InChI=1S/C12H22O4/c1-6-7-8-14-10(4)15-11(5)16-12(13)9(2)3/h10-11H,2,6-8H2,1,3-5H3. The number of carbonyl (C=O) groups is 1. The molecule has 0 spiro atoms. The number of carbonyl (C=O) groups excluding carboxylic acids is 1. The molecule has 2 atom stereocenters. The maximum atomic E-state index is 11.2. The van der Waals surface area contributed by atoms with Gasteiger partial charge in [-0.05, 0) is 27.2 Å². The van der Waals surface area contributed by atoms with Crippen molar-refractivity contribution in [1.82, 2.24) is 0 Å². The number of esters is 1. The van der Waals surface area contributed by atoms with Crippen LogP contribution in [0.1, 0.15) is 40.5 Å². The fourth-order valence-electron chi connectivity index (χ4n) is 0.982. The average molecular weight is 230 g/mol. The Bertz CT molecular complexity index is 225. The predicted octanol–water partition coefficient (Wildman–Crippen LogP) is 2.63. The molecule has 4 heteroatoms. The second-order valence-electron chi connectivity index (χ2n) is 3.68. The summed E-state index contributed by atoms with van der Waals surface area (Å²) < 4.78 is 15.6. The van der Waals surface area contributed by atoms with Gasteiger partial charge in [-0.25, -0.2) is 4.79 Å². The van der Waals surface area contributed by atoms with E-state index in [0.29, 0.717) is 12.2 Å². The van der Waals surface area contributed by atoms with Crippen LogP contribution in [0.4, 0.5) is 0 Å². The molecule has 94 valence electrons. The molecule has 0 aliphatic rings. The van der Waals surface area contributed by atoms with Crippen LogP contribution < -0.4 is 0 Å². The molecule has 4 nitrogen and oxygen atoms in total. The maximum Gasteiger partial charge on any atom is 0.335 e. The van der Waals surface area contributed by atoms with E-state index in [1.165, 1.54) is 0 Å². The SMILES string of the molecule is C=C(C)C(=O)OC(C)OC(C)OCCCC. The lowest BCUT2D eigenvalue weighted by molar-refractivity contribution is -0.227. The molecule has 0 amide bonds. The van der Waals surface area contributed by atoms with Crippen molar-refractivity contribution < 1.29 is 19.0 Å². The fraction of sp³-hybridized carbons (Fsp3) is 0.750. The van der Waals surface area contributed by atoms with Crippen molar-refractivity contribution in [2.24, 2.45) is 0 Å². The molecule has 0 saturated heterocycles. The molecule has 0 saturated carbocycles. The molecular weight excluding hydrogens is 208 g/mol. The molecule has 0 fully saturated rings. The van der Waals surface area contributed by atoms with E-state index in [1.807, 2.05) is 0 Å². The zero-order chi connectivity index (χ0) is 12.6. The van der Waals surface area contributed by atoms with Crippen molar-refractivity contribution in [3.63, 3.8) is 0 Å². The molecule has 0 aromatic carbocycles. The number of ether oxygens (including phenoxy) is 3. The Morgan fingerprint density at radius 3 is 2.44 bits per heavy atom. The third-order valence-corrected chi connectivity index (χ3v) is 1.86. The maximum absolute atomic E-state index is 11.2. The molecule has 0 rings (SSSR count). The van der Waals surface area contributed by atoms with Crippen molar-refractivity contribution >= 4 is 5.97 Å². The Morgan fingerprint density at radius 1 is 1.31 bits per heavy atom. The van der Waals surface area contributed by atoms with E-state index in [2.05, 4.69) is 13.5 Å². The van der Waals surface area contributed by atoms with Crippen LogP contribution in [0.5, 0.6) is 0 Å². The topological polar surface area (TPSA) is 44.8 Å². The Hall–Kier alpha value is -0.870. The first-order valence-corrected chi connectivity index (χ1v) is 5.61. The normalized spacial score (nSPS) is 14.2. The van der Waals surface area contributed by atoms with Gasteiger partial charge in [-0.1, -0.05) is 19.9 Å². The predicted molar refractivity (Wildman–Crippen MR) is 61.8 cm³/mol. The van der Waals surface area contributed by atoms with Gasteiger partial charge in [0.1, 0.15) is 0 Å². The van der Waals surface area contributed by atoms with Crippen molar-refractivity contribution in [2.75, 3.05) is 6.61 Å². The van der Waals surface area contributed by atoms with Crippen LogP contribution in [0.15, 0.2) is 12.2 Å². The van der Waals surface area contributed by atoms with E-state index < -0.39 is 12.3 Å². The Balaban J connectivity index is 3.73. The number of rotatable bonds is 8. The molecule has 0 aliphatic carbocycles. The minimum absolute atomic E-state index is 0.356. The molecule has 0 heterocycles. The average Bonchev–Trinajstić information content (AvgIpc) is 2.17. The molecular formula is C12H22O4. The molecule has 2 unspecified atom stereocenters. The molecule has 16 heavy (non-hydrogen) atoms. The lowest BCUT2D eigenvalue weighted by Gasteiger charge is -2.19. The lowest BCUT2D eigenvalue weighted by atomic mass is 10.4. The van der Waals surface area contributed by atoms with Crippen LogP contribution in [0.2, 0.25) is 0 Å². The monoisotopic (exact) mass is 230 g/mol. The summed E-state index contributed by atoms with van der Waals surface area (Å²) in [6.07, 6.45) is 1.07. The number of unbranched alkanes of at least 4 members (excludes halogenated alkanes) is 1. The van der Waals surface area contributed by atoms with Gasteiger partial charge in [0.15, 0.2) is 6.29 Å². The van der Waals surface area contributed by atoms with Gasteiger partial charge in [0, 0.05) is 12.2 Å². The van der Waals surface area contributed by atoms with Gasteiger partial charge < -0.3 is 14.2 Å². The molecule has 0 N–H and O–H groups in total. The van der Waals surface area contributed by atoms with Crippen molar-refractivity contribution in [3.05, 3.63) is 12.2 Å². The van der Waals surface area contributed by atoms with Crippen LogP contribution in [-0.2, 0) is 19.0 Å². The van der Waals surface area contributed by atoms with Gasteiger partial charge in [-0.3, -0.25) is 0 Å². The molecule has 0 aromatic heterocycles. The zero-order valence-corrected chi connectivity index (χ0v) is 10.6. The summed E-state index contributed by atoms with van der Waals surface area (Å²) in [5.74, 6) is -0.451. The highest BCUT2D eigenvalue weighted by atomic mass is 16.8. The van der Waals surface area contributed by atoms with Crippen LogP contribution in [0, 0.1) is 0 Å². The van der Waals surface area contributed by atoms with Gasteiger partial charge in [0.2, 0.25) is 6.29 Å². The summed E-state index contributed by atoms with van der Waals surface area (Å²) in [6.45, 7) is 11.3. The van der Waals surface area contributed by atoms with E-state index in [-0.39, 0.29) is 6.29 Å². The fourth-order valence-corrected chi connectivity index (χ4v) is 0.982. The Morgan fingerprint density at radius 2 is 1.94 bits per heavy atom. The van der Waals surface area contributed by atoms with Crippen LogP contribution in [0.25, 0.3) is 0 Å². The van der Waals surface area contributed by atoms with Gasteiger partial charge in [-0.2, -0.15) is 0 Å². The summed E-state index contributed by atoms with van der Waals surface area (Å²) in [6, 6.07) is 0. The minimum atomic E-state index is -0.624. The van der Waals surface area contributed by atoms with E-state index in [1.54, 1.807) is 20.8 Å². The Kier molecular flexibility index (Phi) is 7.85. The van der Waals surface area contributed by atoms with E-state index in [0.717, 1.165) is 12.8 Å². The molecule has 0 aromatic rings. The number of hydrogen-bond donors (Lipinski definition) is 0. The third-order valence-electron chi connectivity index (χ3n) is 1.86. The quantitative estimate of drug-likeness (QED) is 0.278. The highest BCUT2D eigenvalue weighted by molar-refractivity contribution is 5.86. The Labute approximate surface area is 97.6 Å². The lowest BCUT2D eigenvalue weighted by Crippen LogP contribution is -2.25. The smallest absolute Gasteiger partial charge is 0.335 e. The van der Waals surface area contributed by atoms with Gasteiger partial charge in [0.05, 0.1) is 0 Å². The van der Waals surface area contributed by atoms with Crippen molar-refractivity contribution in [3.8, 4) is 0 Å². The second kappa shape index (κ2) is 8.30. The van der Waals surface area contributed by atoms with Gasteiger partial charge >= 0.3 is 5.97 Å². The highest BCUT2D eigenvalue weighted by Crippen LogP contribution is 2.05. The summed E-state index contributed by atoms with van der Waals surface area (Å²) in [7, 11) is 0. The van der Waals surface area contributed by atoms with Crippen LogP contribution >= 0.6 is 0 Å². The van der Waals surface area contributed by atoms with Gasteiger partial charge in [0.25, 0.3) is 0 Å². The summed E-state index contributed by atoms with van der Waals surface area (Å²) in [4.78, 5) is 11.2. The zero-order valence-electron chi connectivity index (χ0n) is 10.6. The largest absolute Gasteiger partial charge is 0.433 e. The number of hydrogen-bond acceptors (Lipinski definition) is 4. The third kappa shape index (κ3) is 7.43. The summed E-state index contributed by atoms with van der Waals surface area (Å²) in [5.41, 5.74) is 0.356. The van der Waals surface area contributed by atoms with Crippen LogP contribution in [0.3, 0.4) is 0 Å². The van der Waals surface area contributed by atoms with Crippen molar-refractivity contribution in [1.29, 1.82) is 0 Å². The summed E-state index contributed by atoms with van der Waals surface area (Å²) in [5, 5.41) is 0. The second-order valence-corrected chi connectivity index (χ2v) is 3.68. The highest BCUT2D eigenvalue weighted by Gasteiger charge is 2.13. The van der Waals surface area contributed by atoms with E-state index >= 15 is 0 Å². The molecule has 0 aliphatic heterocycles.